The minimum atomic E-state index is 0.823. The predicted molar refractivity (Wildman–Crippen MR) is 59.6 cm³/mol. The number of hydrogen-bond donors (Lipinski definition) is 1. The molecule has 0 radical (unpaired) electrons. The van der Waals surface area contributed by atoms with Crippen LogP contribution < -0.4 is 5.32 Å². The maximum atomic E-state index is 5.33. The lowest BCUT2D eigenvalue weighted by molar-refractivity contribution is 0.0662. The van der Waals surface area contributed by atoms with Crippen LogP contribution in [-0.4, -0.2) is 19.8 Å². The summed E-state index contributed by atoms with van der Waals surface area (Å²) in [5.74, 6) is 0.823. The van der Waals surface area contributed by atoms with E-state index in [1.54, 1.807) is 0 Å². The molecule has 1 N–H and O–H groups in total. The summed E-state index contributed by atoms with van der Waals surface area (Å²) in [7, 11) is 0. The molecule has 1 aliphatic rings. The van der Waals surface area contributed by atoms with Gasteiger partial charge in [-0.25, -0.2) is 0 Å². The average molecular weight is 211 g/mol. The Bertz CT molecular complexity index is 242. The van der Waals surface area contributed by atoms with E-state index in [1.165, 1.54) is 17.7 Å². The molecule has 3 heteroatoms. The topological polar surface area (TPSA) is 21.3 Å². The summed E-state index contributed by atoms with van der Waals surface area (Å²) in [4.78, 5) is 1.43. The molecule has 0 saturated carbocycles. The summed E-state index contributed by atoms with van der Waals surface area (Å²) in [6.07, 6.45) is 2.44. The fourth-order valence-electron chi connectivity index (χ4n) is 1.76. The Hall–Kier alpha value is -0.380. The highest BCUT2D eigenvalue weighted by Gasteiger charge is 2.12. The van der Waals surface area contributed by atoms with Gasteiger partial charge in [0.2, 0.25) is 0 Å². The third-order valence-electron chi connectivity index (χ3n) is 2.65. The largest absolute Gasteiger partial charge is 0.381 e. The predicted octanol–water partition coefficient (Wildman–Crippen LogP) is 2.26. The molecular weight excluding hydrogens is 194 g/mol. The third kappa shape index (κ3) is 3.08. The molecule has 14 heavy (non-hydrogen) atoms. The van der Waals surface area contributed by atoms with Crippen LogP contribution in [0, 0.1) is 5.92 Å². The van der Waals surface area contributed by atoms with Crippen LogP contribution in [-0.2, 0) is 11.3 Å². The van der Waals surface area contributed by atoms with Gasteiger partial charge >= 0.3 is 0 Å². The number of hydrogen-bond acceptors (Lipinski definition) is 3. The lowest BCUT2D eigenvalue weighted by Crippen LogP contribution is -2.27. The van der Waals surface area contributed by atoms with Gasteiger partial charge in [-0.3, -0.25) is 0 Å². The molecule has 1 aromatic heterocycles. The van der Waals surface area contributed by atoms with Gasteiger partial charge in [0.15, 0.2) is 0 Å². The molecule has 0 aromatic carbocycles. The van der Waals surface area contributed by atoms with Gasteiger partial charge in [0.05, 0.1) is 0 Å². The van der Waals surface area contributed by atoms with Crippen LogP contribution >= 0.6 is 11.3 Å². The zero-order valence-corrected chi connectivity index (χ0v) is 9.19. The molecule has 0 atom stereocenters. The molecule has 2 heterocycles. The first kappa shape index (κ1) is 10.1. The maximum Gasteiger partial charge on any atom is 0.0469 e. The van der Waals surface area contributed by atoms with Crippen LogP contribution in [0.2, 0.25) is 0 Å². The molecule has 0 aliphatic carbocycles. The molecule has 0 amide bonds. The maximum absolute atomic E-state index is 5.33. The van der Waals surface area contributed by atoms with Gasteiger partial charge in [0, 0.05) is 24.6 Å². The molecule has 1 aliphatic heterocycles. The molecule has 1 aromatic rings. The highest BCUT2D eigenvalue weighted by molar-refractivity contribution is 7.09. The van der Waals surface area contributed by atoms with E-state index >= 15 is 0 Å². The standard InChI is InChI=1S/C11H17NOS/c1-2-11(14-7-1)9-12-8-10-3-5-13-6-4-10/h1-2,7,10,12H,3-6,8-9H2. The number of thiophene rings is 1. The van der Waals surface area contributed by atoms with Gasteiger partial charge in [-0.2, -0.15) is 0 Å². The summed E-state index contributed by atoms with van der Waals surface area (Å²) in [6.45, 7) is 4.06. The number of rotatable bonds is 4. The highest BCUT2D eigenvalue weighted by atomic mass is 32.1. The molecule has 2 nitrogen and oxygen atoms in total. The quantitative estimate of drug-likeness (QED) is 0.825. The molecule has 0 unspecified atom stereocenters. The van der Waals surface area contributed by atoms with Gasteiger partial charge in [-0.1, -0.05) is 6.07 Å². The smallest absolute Gasteiger partial charge is 0.0469 e. The fraction of sp³-hybridized carbons (Fsp3) is 0.636. The van der Waals surface area contributed by atoms with Crippen molar-refractivity contribution in [3.8, 4) is 0 Å². The van der Waals surface area contributed by atoms with Crippen LogP contribution in [0.15, 0.2) is 17.5 Å². The summed E-state index contributed by atoms with van der Waals surface area (Å²) >= 11 is 1.82. The minimum absolute atomic E-state index is 0.823. The van der Waals surface area contributed by atoms with Crippen molar-refractivity contribution in [2.45, 2.75) is 19.4 Å². The van der Waals surface area contributed by atoms with Crippen molar-refractivity contribution in [2.75, 3.05) is 19.8 Å². The van der Waals surface area contributed by atoms with Gasteiger partial charge in [0.25, 0.3) is 0 Å². The third-order valence-corrected chi connectivity index (χ3v) is 3.53. The lowest BCUT2D eigenvalue weighted by atomic mass is 10.0. The van der Waals surface area contributed by atoms with E-state index in [2.05, 4.69) is 22.8 Å². The van der Waals surface area contributed by atoms with E-state index in [0.717, 1.165) is 32.2 Å². The number of ether oxygens (including phenoxy) is 1. The summed E-state index contributed by atoms with van der Waals surface area (Å²) < 4.78 is 5.33. The van der Waals surface area contributed by atoms with Crippen molar-refractivity contribution in [1.29, 1.82) is 0 Å². The van der Waals surface area contributed by atoms with Gasteiger partial charge in [0.1, 0.15) is 0 Å². The lowest BCUT2D eigenvalue weighted by Gasteiger charge is -2.22. The van der Waals surface area contributed by atoms with Crippen LogP contribution in [0.5, 0.6) is 0 Å². The van der Waals surface area contributed by atoms with E-state index in [0.29, 0.717) is 0 Å². The first-order chi connectivity index (χ1) is 6.95. The first-order valence-corrected chi connectivity index (χ1v) is 6.14. The molecule has 0 spiro atoms. The van der Waals surface area contributed by atoms with E-state index in [4.69, 9.17) is 4.74 Å². The van der Waals surface area contributed by atoms with E-state index in [1.807, 2.05) is 11.3 Å². The normalized spacial score (nSPS) is 18.6. The number of nitrogens with one attached hydrogen (secondary N) is 1. The van der Waals surface area contributed by atoms with Gasteiger partial charge in [-0.15, -0.1) is 11.3 Å². The van der Waals surface area contributed by atoms with Crippen LogP contribution in [0.25, 0.3) is 0 Å². The Morgan fingerprint density at radius 2 is 2.29 bits per heavy atom. The van der Waals surface area contributed by atoms with Crippen molar-refractivity contribution in [2.24, 2.45) is 5.92 Å². The zero-order valence-electron chi connectivity index (χ0n) is 8.37. The molecular formula is C11H17NOS. The van der Waals surface area contributed by atoms with Crippen LogP contribution in [0.4, 0.5) is 0 Å². The molecule has 78 valence electrons. The Labute approximate surface area is 89.3 Å². The summed E-state index contributed by atoms with van der Waals surface area (Å²) in [5, 5.41) is 5.64. The average Bonchev–Trinajstić information content (AvgIpc) is 2.72. The minimum Gasteiger partial charge on any atom is -0.381 e. The Kier molecular flexibility index (Phi) is 3.98. The Morgan fingerprint density at radius 1 is 1.43 bits per heavy atom. The zero-order chi connectivity index (χ0) is 9.64. The van der Waals surface area contributed by atoms with Crippen LogP contribution in [0.3, 0.4) is 0 Å². The van der Waals surface area contributed by atoms with Crippen LogP contribution in [0.1, 0.15) is 17.7 Å². The second-order valence-electron chi connectivity index (χ2n) is 3.77. The van der Waals surface area contributed by atoms with Crippen molar-refractivity contribution >= 4 is 11.3 Å². The van der Waals surface area contributed by atoms with Gasteiger partial charge < -0.3 is 10.1 Å². The second-order valence-corrected chi connectivity index (χ2v) is 4.80. The van der Waals surface area contributed by atoms with Crippen molar-refractivity contribution in [1.82, 2.24) is 5.32 Å². The molecule has 1 fully saturated rings. The monoisotopic (exact) mass is 211 g/mol. The van der Waals surface area contributed by atoms with E-state index in [-0.39, 0.29) is 0 Å². The molecule has 0 bridgehead atoms. The summed E-state index contributed by atoms with van der Waals surface area (Å²) in [5.41, 5.74) is 0. The van der Waals surface area contributed by atoms with E-state index < -0.39 is 0 Å². The SMILES string of the molecule is c1csc(CNCC2CCOCC2)c1. The Balaban J connectivity index is 1.62. The fourth-order valence-corrected chi connectivity index (χ4v) is 2.44. The Morgan fingerprint density at radius 3 is 3.00 bits per heavy atom. The first-order valence-electron chi connectivity index (χ1n) is 5.26. The molecule has 1 saturated heterocycles. The van der Waals surface area contributed by atoms with Crippen molar-refractivity contribution < 1.29 is 4.74 Å². The van der Waals surface area contributed by atoms with Gasteiger partial charge in [-0.05, 0) is 36.8 Å². The second kappa shape index (κ2) is 5.49. The van der Waals surface area contributed by atoms with E-state index in [9.17, 15) is 0 Å². The highest BCUT2D eigenvalue weighted by Crippen LogP contribution is 2.14. The summed E-state index contributed by atoms with van der Waals surface area (Å²) in [6, 6.07) is 4.29. The molecule has 2 rings (SSSR count). The van der Waals surface area contributed by atoms with Crippen molar-refractivity contribution in [3.05, 3.63) is 22.4 Å². The van der Waals surface area contributed by atoms with Crippen molar-refractivity contribution in [3.63, 3.8) is 0 Å².